The van der Waals surface area contributed by atoms with Crippen LogP contribution >= 0.6 is 0 Å². The Bertz CT molecular complexity index is 785. The molecular weight excluding hydrogens is 345 g/mol. The van der Waals surface area contributed by atoms with Gasteiger partial charge < -0.3 is 10.6 Å². The van der Waals surface area contributed by atoms with Crippen LogP contribution in [0.25, 0.3) is 6.08 Å². The highest BCUT2D eigenvalue weighted by molar-refractivity contribution is 5.95. The molecule has 0 aliphatic carbocycles. The SMILES string of the molecule is CNC(=O)c1ccc(C=CC(=O)NC(c2ccccc2)C(F)(F)F)cc1. The second kappa shape index (κ2) is 8.33. The van der Waals surface area contributed by atoms with E-state index in [1.54, 1.807) is 30.3 Å². The quantitative estimate of drug-likeness (QED) is 0.800. The summed E-state index contributed by atoms with van der Waals surface area (Å²) in [5.41, 5.74) is 0.975. The third-order valence-corrected chi connectivity index (χ3v) is 3.57. The van der Waals surface area contributed by atoms with Crippen LogP contribution < -0.4 is 10.6 Å². The molecule has 0 aliphatic rings. The predicted octanol–water partition coefficient (Wildman–Crippen LogP) is 3.48. The number of carbonyl (C=O) groups excluding carboxylic acids is 2. The van der Waals surface area contributed by atoms with E-state index in [0.717, 1.165) is 6.08 Å². The number of rotatable bonds is 5. The molecule has 2 amide bonds. The maximum atomic E-state index is 13.2. The molecule has 0 bridgehead atoms. The van der Waals surface area contributed by atoms with Crippen molar-refractivity contribution in [2.75, 3.05) is 7.05 Å². The molecule has 0 saturated heterocycles. The Morgan fingerprint density at radius 1 is 1.00 bits per heavy atom. The number of hydrogen-bond acceptors (Lipinski definition) is 2. The summed E-state index contributed by atoms with van der Waals surface area (Å²) in [6.07, 6.45) is -2.21. The van der Waals surface area contributed by atoms with Gasteiger partial charge in [0.15, 0.2) is 6.04 Å². The molecule has 0 aliphatic heterocycles. The van der Waals surface area contributed by atoms with E-state index in [1.165, 1.54) is 37.4 Å². The Kier molecular flexibility index (Phi) is 6.16. The molecule has 2 rings (SSSR count). The number of nitrogens with one attached hydrogen (secondary N) is 2. The average Bonchev–Trinajstić information content (AvgIpc) is 2.64. The summed E-state index contributed by atoms with van der Waals surface area (Å²) >= 11 is 0. The van der Waals surface area contributed by atoms with Crippen molar-refractivity contribution in [2.24, 2.45) is 0 Å². The Hall–Kier alpha value is -3.09. The van der Waals surface area contributed by atoms with Gasteiger partial charge >= 0.3 is 6.18 Å². The van der Waals surface area contributed by atoms with E-state index >= 15 is 0 Å². The molecule has 0 spiro atoms. The number of amides is 2. The number of halogens is 3. The largest absolute Gasteiger partial charge is 0.412 e. The Morgan fingerprint density at radius 2 is 1.62 bits per heavy atom. The molecule has 2 aromatic rings. The molecule has 136 valence electrons. The average molecular weight is 362 g/mol. The van der Waals surface area contributed by atoms with Crippen LogP contribution in [0.1, 0.15) is 27.5 Å². The number of alkyl halides is 3. The van der Waals surface area contributed by atoms with Crippen molar-refractivity contribution >= 4 is 17.9 Å². The summed E-state index contributed by atoms with van der Waals surface area (Å²) in [4.78, 5) is 23.3. The zero-order valence-electron chi connectivity index (χ0n) is 13.9. The Morgan fingerprint density at radius 3 is 2.15 bits per heavy atom. The van der Waals surface area contributed by atoms with Crippen LogP contribution in [0.3, 0.4) is 0 Å². The number of hydrogen-bond donors (Lipinski definition) is 2. The van der Waals surface area contributed by atoms with Gasteiger partial charge in [0.1, 0.15) is 0 Å². The fraction of sp³-hybridized carbons (Fsp3) is 0.158. The molecule has 2 N–H and O–H groups in total. The highest BCUT2D eigenvalue weighted by Crippen LogP contribution is 2.32. The minimum Gasteiger partial charge on any atom is -0.355 e. The molecule has 0 heterocycles. The number of benzene rings is 2. The van der Waals surface area contributed by atoms with Crippen molar-refractivity contribution in [1.29, 1.82) is 0 Å². The maximum absolute atomic E-state index is 13.2. The van der Waals surface area contributed by atoms with Gasteiger partial charge in [-0.15, -0.1) is 0 Å². The molecule has 0 aromatic heterocycles. The van der Waals surface area contributed by atoms with E-state index in [1.807, 2.05) is 5.32 Å². The summed E-state index contributed by atoms with van der Waals surface area (Å²) < 4.78 is 39.6. The Balaban J connectivity index is 2.08. The third kappa shape index (κ3) is 5.20. The molecular formula is C19H17F3N2O2. The van der Waals surface area contributed by atoms with Gasteiger partial charge in [0.2, 0.25) is 5.91 Å². The monoisotopic (exact) mass is 362 g/mol. The van der Waals surface area contributed by atoms with Crippen molar-refractivity contribution in [2.45, 2.75) is 12.2 Å². The van der Waals surface area contributed by atoms with Gasteiger partial charge in [-0.1, -0.05) is 42.5 Å². The summed E-state index contributed by atoms with van der Waals surface area (Å²) in [6, 6.07) is 11.4. The second-order valence-corrected chi connectivity index (χ2v) is 5.43. The van der Waals surface area contributed by atoms with Gasteiger partial charge in [0.25, 0.3) is 5.91 Å². The molecule has 4 nitrogen and oxygen atoms in total. The normalized spacial score (nSPS) is 12.6. The highest BCUT2D eigenvalue weighted by atomic mass is 19.4. The van der Waals surface area contributed by atoms with Gasteiger partial charge in [-0.3, -0.25) is 9.59 Å². The van der Waals surface area contributed by atoms with Crippen LogP contribution in [0.2, 0.25) is 0 Å². The van der Waals surface area contributed by atoms with E-state index in [0.29, 0.717) is 11.1 Å². The first-order valence-corrected chi connectivity index (χ1v) is 7.73. The van der Waals surface area contributed by atoms with E-state index in [-0.39, 0.29) is 11.5 Å². The maximum Gasteiger partial charge on any atom is 0.412 e. The lowest BCUT2D eigenvalue weighted by molar-refractivity contribution is -0.162. The first-order chi connectivity index (χ1) is 12.3. The zero-order valence-corrected chi connectivity index (χ0v) is 13.9. The fourth-order valence-electron chi connectivity index (χ4n) is 2.25. The van der Waals surface area contributed by atoms with E-state index in [2.05, 4.69) is 5.32 Å². The predicted molar refractivity (Wildman–Crippen MR) is 92.2 cm³/mol. The van der Waals surface area contributed by atoms with Crippen LogP contribution in [0.5, 0.6) is 0 Å². The molecule has 0 radical (unpaired) electrons. The topological polar surface area (TPSA) is 58.2 Å². The molecule has 1 atom stereocenters. The van der Waals surface area contributed by atoms with E-state index in [9.17, 15) is 22.8 Å². The fourth-order valence-corrected chi connectivity index (χ4v) is 2.25. The van der Waals surface area contributed by atoms with Gasteiger partial charge in [0.05, 0.1) is 0 Å². The minimum atomic E-state index is -4.61. The van der Waals surface area contributed by atoms with Crippen LogP contribution in [-0.2, 0) is 4.79 Å². The van der Waals surface area contributed by atoms with Crippen LogP contribution in [0, 0.1) is 0 Å². The number of carbonyl (C=O) groups is 2. The van der Waals surface area contributed by atoms with E-state index in [4.69, 9.17) is 0 Å². The van der Waals surface area contributed by atoms with Crippen LogP contribution in [-0.4, -0.2) is 25.0 Å². The van der Waals surface area contributed by atoms with Crippen molar-refractivity contribution in [3.8, 4) is 0 Å². The molecule has 2 aromatic carbocycles. The van der Waals surface area contributed by atoms with E-state index < -0.39 is 18.1 Å². The lowest BCUT2D eigenvalue weighted by atomic mass is 10.1. The standard InChI is InChI=1S/C19H17F3N2O2/c1-23-18(26)15-10-7-13(8-11-15)9-12-16(25)24-17(19(20,21)22)14-5-3-2-4-6-14/h2-12,17H,1H3,(H,23,26)(H,24,25). The summed E-state index contributed by atoms with van der Waals surface area (Å²) in [6.45, 7) is 0. The lowest BCUT2D eigenvalue weighted by Gasteiger charge is -2.21. The molecule has 0 saturated carbocycles. The zero-order chi connectivity index (χ0) is 19.2. The minimum absolute atomic E-state index is 0.0447. The van der Waals surface area contributed by atoms with Crippen molar-refractivity contribution in [3.63, 3.8) is 0 Å². The molecule has 7 heteroatoms. The molecule has 26 heavy (non-hydrogen) atoms. The van der Waals surface area contributed by atoms with Crippen molar-refractivity contribution in [1.82, 2.24) is 10.6 Å². The smallest absolute Gasteiger partial charge is 0.355 e. The molecule has 1 unspecified atom stereocenters. The summed E-state index contributed by atoms with van der Waals surface area (Å²) in [7, 11) is 1.50. The highest BCUT2D eigenvalue weighted by Gasteiger charge is 2.41. The van der Waals surface area contributed by atoms with Gasteiger partial charge in [-0.25, -0.2) is 0 Å². The van der Waals surface area contributed by atoms with Crippen LogP contribution in [0.15, 0.2) is 60.7 Å². The van der Waals surface area contributed by atoms with Gasteiger partial charge in [-0.05, 0) is 29.3 Å². The molecule has 0 fully saturated rings. The third-order valence-electron chi connectivity index (χ3n) is 3.57. The Labute approximate surface area is 148 Å². The summed E-state index contributed by atoms with van der Waals surface area (Å²) in [5.74, 6) is -1.12. The summed E-state index contributed by atoms with van der Waals surface area (Å²) in [5, 5.41) is 4.44. The first-order valence-electron chi connectivity index (χ1n) is 7.73. The van der Waals surface area contributed by atoms with Crippen molar-refractivity contribution < 1.29 is 22.8 Å². The second-order valence-electron chi connectivity index (χ2n) is 5.43. The van der Waals surface area contributed by atoms with Gasteiger partial charge in [0, 0.05) is 18.7 Å². The lowest BCUT2D eigenvalue weighted by Crippen LogP contribution is -2.37. The van der Waals surface area contributed by atoms with Crippen molar-refractivity contribution in [3.05, 3.63) is 77.4 Å². The van der Waals surface area contributed by atoms with Crippen LogP contribution in [0.4, 0.5) is 13.2 Å². The first kappa shape index (κ1) is 19.2. The van der Waals surface area contributed by atoms with Gasteiger partial charge in [-0.2, -0.15) is 13.2 Å².